The number of thiazole rings is 1. The second kappa shape index (κ2) is 4.89. The van der Waals surface area contributed by atoms with Gasteiger partial charge in [-0.1, -0.05) is 0 Å². The first-order valence-electron chi connectivity index (χ1n) is 5.71. The fraction of sp³-hybridized carbons (Fsp3) is 0.417. The summed E-state index contributed by atoms with van der Waals surface area (Å²) in [4.78, 5) is 21.5. The lowest BCUT2D eigenvalue weighted by Gasteiger charge is -2.13. The van der Waals surface area contributed by atoms with Crippen molar-refractivity contribution in [1.29, 1.82) is 0 Å². The fourth-order valence-electron chi connectivity index (χ4n) is 1.86. The van der Waals surface area contributed by atoms with Crippen LogP contribution in [0.5, 0.6) is 0 Å². The van der Waals surface area contributed by atoms with E-state index in [0.717, 1.165) is 15.7 Å². The van der Waals surface area contributed by atoms with Crippen molar-refractivity contribution in [2.24, 2.45) is 7.05 Å². The van der Waals surface area contributed by atoms with E-state index in [9.17, 15) is 4.79 Å². The Morgan fingerprint density at radius 1 is 1.50 bits per heavy atom. The monoisotopic (exact) mass is 264 g/mol. The Hall–Kier alpha value is -1.69. The van der Waals surface area contributed by atoms with Gasteiger partial charge in [0.05, 0.1) is 11.0 Å². The maximum absolute atomic E-state index is 12.1. The highest BCUT2D eigenvalue weighted by atomic mass is 32.1. The summed E-state index contributed by atoms with van der Waals surface area (Å²) in [6.07, 6.45) is 3.58. The Balaban J connectivity index is 2.13. The number of carbonyl (C=O) groups excluding carboxylic acids is 1. The van der Waals surface area contributed by atoms with Crippen molar-refractivity contribution in [1.82, 2.24) is 19.9 Å². The topological polar surface area (TPSA) is 59.8 Å². The highest BCUT2D eigenvalue weighted by Gasteiger charge is 2.18. The Bertz CT molecular complexity index is 572. The van der Waals surface area contributed by atoms with Gasteiger partial charge in [-0.15, -0.1) is 11.3 Å². The van der Waals surface area contributed by atoms with Crippen molar-refractivity contribution in [3.05, 3.63) is 33.8 Å². The molecule has 18 heavy (non-hydrogen) atoms. The summed E-state index contributed by atoms with van der Waals surface area (Å²) in [5.74, 6) is 0.681. The highest BCUT2D eigenvalue weighted by molar-refractivity contribution is 7.11. The van der Waals surface area contributed by atoms with Crippen LogP contribution in [0.2, 0.25) is 0 Å². The van der Waals surface area contributed by atoms with Gasteiger partial charge in [0.25, 0.3) is 5.91 Å². The number of hydrogen-bond donors (Lipinski definition) is 1. The minimum absolute atomic E-state index is 0.140. The van der Waals surface area contributed by atoms with Crippen molar-refractivity contribution in [2.45, 2.75) is 26.8 Å². The number of amides is 1. The number of nitrogens with zero attached hydrogens (tertiary/aromatic N) is 3. The smallest absolute Gasteiger partial charge is 0.271 e. The standard InChI is InChI=1S/C12H16N4OS/c1-7(11-13-5-6-16(11)4)14-12(17)10-8(2)18-9(3)15-10/h5-7H,1-4H3,(H,14,17). The summed E-state index contributed by atoms with van der Waals surface area (Å²) in [6.45, 7) is 5.72. The molecule has 0 aliphatic carbocycles. The molecule has 2 aromatic heterocycles. The third-order valence-corrected chi connectivity index (χ3v) is 3.60. The van der Waals surface area contributed by atoms with Crippen LogP contribution in [-0.2, 0) is 7.05 Å². The van der Waals surface area contributed by atoms with Gasteiger partial charge in [0.1, 0.15) is 11.5 Å². The number of hydrogen-bond acceptors (Lipinski definition) is 4. The minimum Gasteiger partial charge on any atom is -0.341 e. The maximum Gasteiger partial charge on any atom is 0.271 e. The van der Waals surface area contributed by atoms with Crippen LogP contribution in [0, 0.1) is 13.8 Å². The molecule has 0 radical (unpaired) electrons. The van der Waals surface area contributed by atoms with Gasteiger partial charge in [-0.3, -0.25) is 4.79 Å². The Kier molecular flexibility index (Phi) is 3.47. The molecule has 0 saturated heterocycles. The lowest BCUT2D eigenvalue weighted by Crippen LogP contribution is -2.29. The van der Waals surface area contributed by atoms with E-state index in [4.69, 9.17) is 0 Å². The molecule has 1 atom stereocenters. The van der Waals surface area contributed by atoms with Crippen molar-refractivity contribution in [3.63, 3.8) is 0 Å². The predicted molar refractivity (Wildman–Crippen MR) is 70.7 cm³/mol. The molecule has 1 unspecified atom stereocenters. The fourth-order valence-corrected chi connectivity index (χ4v) is 2.68. The summed E-state index contributed by atoms with van der Waals surface area (Å²) in [5, 5.41) is 3.82. The summed E-state index contributed by atoms with van der Waals surface area (Å²) in [7, 11) is 1.91. The molecule has 0 aliphatic rings. The van der Waals surface area contributed by atoms with E-state index in [0.29, 0.717) is 5.69 Å². The van der Waals surface area contributed by atoms with Gasteiger partial charge < -0.3 is 9.88 Å². The van der Waals surface area contributed by atoms with Crippen molar-refractivity contribution < 1.29 is 4.79 Å². The molecule has 0 aliphatic heterocycles. The molecule has 1 N–H and O–H groups in total. The number of aryl methyl sites for hydroxylation is 3. The molecule has 6 heteroatoms. The first-order chi connectivity index (χ1) is 8.49. The number of aromatic nitrogens is 3. The molecular weight excluding hydrogens is 248 g/mol. The van der Waals surface area contributed by atoms with E-state index in [1.165, 1.54) is 11.3 Å². The molecule has 2 rings (SSSR count). The van der Waals surface area contributed by atoms with Gasteiger partial charge in [0.2, 0.25) is 0 Å². The van der Waals surface area contributed by atoms with Crippen molar-refractivity contribution in [2.75, 3.05) is 0 Å². The van der Waals surface area contributed by atoms with E-state index >= 15 is 0 Å². The first kappa shape index (κ1) is 12.8. The van der Waals surface area contributed by atoms with Crippen molar-refractivity contribution in [3.8, 4) is 0 Å². The number of imidazole rings is 1. The van der Waals surface area contributed by atoms with E-state index in [1.54, 1.807) is 6.20 Å². The van der Waals surface area contributed by atoms with Gasteiger partial charge in [-0.2, -0.15) is 0 Å². The Morgan fingerprint density at radius 2 is 2.22 bits per heavy atom. The van der Waals surface area contributed by atoms with Crippen LogP contribution in [0.1, 0.15) is 39.2 Å². The van der Waals surface area contributed by atoms with Crippen LogP contribution >= 0.6 is 11.3 Å². The summed E-state index contributed by atoms with van der Waals surface area (Å²) in [6, 6.07) is -0.140. The molecule has 2 heterocycles. The maximum atomic E-state index is 12.1. The molecule has 0 spiro atoms. The number of nitrogens with one attached hydrogen (secondary N) is 1. The Morgan fingerprint density at radius 3 is 2.72 bits per heavy atom. The summed E-state index contributed by atoms with van der Waals surface area (Å²) < 4.78 is 1.89. The second-order valence-corrected chi connectivity index (χ2v) is 5.64. The van der Waals surface area contributed by atoms with Gasteiger partial charge in [0, 0.05) is 24.3 Å². The normalized spacial score (nSPS) is 12.4. The molecule has 1 amide bonds. The van der Waals surface area contributed by atoms with Gasteiger partial charge in [-0.25, -0.2) is 9.97 Å². The lowest BCUT2D eigenvalue weighted by atomic mass is 10.3. The minimum atomic E-state index is -0.146. The zero-order valence-corrected chi connectivity index (χ0v) is 11.7. The first-order valence-corrected chi connectivity index (χ1v) is 6.52. The van der Waals surface area contributed by atoms with E-state index in [-0.39, 0.29) is 11.9 Å². The number of rotatable bonds is 3. The molecule has 0 saturated carbocycles. The third-order valence-electron chi connectivity index (χ3n) is 2.71. The van der Waals surface area contributed by atoms with Gasteiger partial charge in [0.15, 0.2) is 0 Å². The van der Waals surface area contributed by atoms with E-state index in [1.807, 2.05) is 38.6 Å². The average Bonchev–Trinajstić information content (AvgIpc) is 2.84. The van der Waals surface area contributed by atoms with Crippen LogP contribution in [0.25, 0.3) is 0 Å². The predicted octanol–water partition coefficient (Wildman–Crippen LogP) is 1.98. The quantitative estimate of drug-likeness (QED) is 0.922. The summed E-state index contributed by atoms with van der Waals surface area (Å²) >= 11 is 1.53. The largest absolute Gasteiger partial charge is 0.341 e. The molecule has 5 nitrogen and oxygen atoms in total. The molecule has 2 aromatic rings. The zero-order valence-electron chi connectivity index (χ0n) is 10.9. The zero-order chi connectivity index (χ0) is 13.3. The molecular formula is C12H16N4OS. The molecule has 0 fully saturated rings. The van der Waals surface area contributed by atoms with Crippen LogP contribution in [0.15, 0.2) is 12.4 Å². The molecule has 96 valence electrons. The second-order valence-electron chi connectivity index (χ2n) is 4.23. The van der Waals surface area contributed by atoms with Crippen molar-refractivity contribution >= 4 is 17.2 Å². The number of carbonyl (C=O) groups is 1. The van der Waals surface area contributed by atoms with E-state index < -0.39 is 0 Å². The third kappa shape index (κ3) is 2.43. The van der Waals surface area contributed by atoms with Crippen LogP contribution in [-0.4, -0.2) is 20.4 Å². The van der Waals surface area contributed by atoms with Crippen LogP contribution in [0.3, 0.4) is 0 Å². The summed E-state index contributed by atoms with van der Waals surface area (Å²) in [5.41, 5.74) is 0.513. The molecule has 0 bridgehead atoms. The average molecular weight is 264 g/mol. The van der Waals surface area contributed by atoms with Crippen LogP contribution in [0.4, 0.5) is 0 Å². The lowest BCUT2D eigenvalue weighted by molar-refractivity contribution is 0.0932. The van der Waals surface area contributed by atoms with Gasteiger partial charge >= 0.3 is 0 Å². The van der Waals surface area contributed by atoms with Crippen LogP contribution < -0.4 is 5.32 Å². The SMILES string of the molecule is Cc1nc(C(=O)NC(C)c2nccn2C)c(C)s1. The molecule has 0 aromatic carbocycles. The highest BCUT2D eigenvalue weighted by Crippen LogP contribution is 2.17. The Labute approximate surface area is 110 Å². The van der Waals surface area contributed by atoms with Gasteiger partial charge in [-0.05, 0) is 20.8 Å². The van der Waals surface area contributed by atoms with E-state index in [2.05, 4.69) is 15.3 Å².